The summed E-state index contributed by atoms with van der Waals surface area (Å²) in [4.78, 5) is 12.0. The van der Waals surface area contributed by atoms with E-state index in [9.17, 15) is 4.79 Å². The predicted octanol–water partition coefficient (Wildman–Crippen LogP) is 4.84. The average molecular weight is 411 g/mol. The lowest BCUT2D eigenvalue weighted by Gasteiger charge is -2.21. The van der Waals surface area contributed by atoms with Crippen LogP contribution in [0.5, 0.6) is 11.5 Å². The van der Waals surface area contributed by atoms with E-state index in [1.807, 2.05) is 33.8 Å². The van der Waals surface area contributed by atoms with Crippen LogP contribution in [0.15, 0.2) is 12.1 Å². The van der Waals surface area contributed by atoms with Gasteiger partial charge in [0.25, 0.3) is 5.91 Å². The number of carbonyl (C=O) groups is 1. The Hall–Kier alpha value is -1.46. The molecule has 0 aliphatic heterocycles. The molecule has 0 bridgehead atoms. The highest BCUT2D eigenvalue weighted by Crippen LogP contribution is 2.34. The molecule has 0 saturated heterocycles. The summed E-state index contributed by atoms with van der Waals surface area (Å²) in [5.74, 6) is 0.937. The minimum atomic E-state index is -0.297. The van der Waals surface area contributed by atoms with Gasteiger partial charge in [0.2, 0.25) is 0 Å². The van der Waals surface area contributed by atoms with Crippen molar-refractivity contribution in [1.29, 1.82) is 0 Å². The van der Waals surface area contributed by atoms with Crippen molar-refractivity contribution in [3.8, 4) is 11.5 Å². The lowest BCUT2D eigenvalue weighted by Crippen LogP contribution is -2.43. The fourth-order valence-electron chi connectivity index (χ4n) is 3.43. The molecule has 1 aromatic rings. The highest BCUT2D eigenvalue weighted by atomic mass is 35.5. The second kappa shape index (κ2) is 10.9. The number of rotatable bonds is 8. The number of amides is 1. The molecule has 6 heteroatoms. The summed E-state index contributed by atoms with van der Waals surface area (Å²) in [7, 11) is 0. The highest BCUT2D eigenvalue weighted by molar-refractivity contribution is 6.31. The van der Waals surface area contributed by atoms with Crippen molar-refractivity contribution in [2.75, 3.05) is 13.2 Å². The van der Waals surface area contributed by atoms with E-state index >= 15 is 0 Å². The first-order valence-corrected chi connectivity index (χ1v) is 10.8. The largest absolute Gasteiger partial charge is 0.490 e. The van der Waals surface area contributed by atoms with Crippen molar-refractivity contribution in [3.63, 3.8) is 0 Å². The quantitative estimate of drug-likeness (QED) is 0.601. The monoisotopic (exact) mass is 410 g/mol. The second-order valence-electron chi connectivity index (χ2n) is 8.48. The minimum absolute atomic E-state index is 0.0760. The number of ether oxygens (including phenoxy) is 2. The first-order chi connectivity index (χ1) is 13.3. The molecule has 158 valence electrons. The third-order valence-electron chi connectivity index (χ3n) is 4.72. The summed E-state index contributed by atoms with van der Waals surface area (Å²) in [6, 6.07) is 4.22. The van der Waals surface area contributed by atoms with E-state index < -0.39 is 0 Å². The summed E-state index contributed by atoms with van der Waals surface area (Å²) in [6.45, 7) is 8.87. The summed E-state index contributed by atoms with van der Waals surface area (Å²) in [5, 5.41) is 7.14. The Morgan fingerprint density at radius 1 is 1.11 bits per heavy atom. The van der Waals surface area contributed by atoms with Gasteiger partial charge in [-0.25, -0.2) is 0 Å². The van der Waals surface area contributed by atoms with Gasteiger partial charge in [-0.2, -0.15) is 0 Å². The fraction of sp³-hybridized carbons (Fsp3) is 0.682. The number of nitrogens with one attached hydrogen (secondary N) is 2. The molecular weight excluding hydrogens is 376 g/mol. The third kappa shape index (κ3) is 7.88. The van der Waals surface area contributed by atoms with Gasteiger partial charge in [0.05, 0.1) is 6.61 Å². The lowest BCUT2D eigenvalue weighted by atomic mass is 10.1. The number of halogens is 1. The third-order valence-corrected chi connectivity index (χ3v) is 5.07. The summed E-state index contributed by atoms with van der Waals surface area (Å²) in [5.41, 5.74) is 0.690. The van der Waals surface area contributed by atoms with Crippen LogP contribution in [0.25, 0.3) is 0 Å². The van der Waals surface area contributed by atoms with E-state index in [1.54, 1.807) is 6.07 Å². The zero-order valence-corrected chi connectivity index (χ0v) is 18.5. The van der Waals surface area contributed by atoms with Crippen molar-refractivity contribution < 1.29 is 14.3 Å². The topological polar surface area (TPSA) is 59.6 Å². The molecule has 1 fully saturated rings. The SMILES string of the molecule is CCOc1cc(CNC2CCCCCC2)c(Cl)cc1OCC(=O)NC(C)(C)C. The van der Waals surface area contributed by atoms with Crippen LogP contribution in [-0.2, 0) is 11.3 Å². The van der Waals surface area contributed by atoms with Crippen molar-refractivity contribution >= 4 is 17.5 Å². The standard InChI is InChI=1S/C22H35ClN2O3/c1-5-27-19-12-16(14-24-17-10-8-6-7-9-11-17)18(23)13-20(19)28-15-21(26)25-22(2,3)4/h12-13,17,24H,5-11,14-15H2,1-4H3,(H,25,26). The van der Waals surface area contributed by atoms with Crippen LogP contribution < -0.4 is 20.1 Å². The van der Waals surface area contributed by atoms with Gasteiger partial charge in [0.1, 0.15) is 0 Å². The van der Waals surface area contributed by atoms with Crippen LogP contribution in [0.4, 0.5) is 0 Å². The minimum Gasteiger partial charge on any atom is -0.490 e. The van der Waals surface area contributed by atoms with Crippen LogP contribution in [0.2, 0.25) is 5.02 Å². The lowest BCUT2D eigenvalue weighted by molar-refractivity contribution is -0.124. The molecule has 0 spiro atoms. The summed E-state index contributed by atoms with van der Waals surface area (Å²) >= 11 is 6.50. The molecule has 1 aliphatic rings. The Labute approximate surface area is 174 Å². The van der Waals surface area contributed by atoms with Crippen molar-refractivity contribution in [2.24, 2.45) is 0 Å². The molecule has 0 atom stereocenters. The second-order valence-corrected chi connectivity index (χ2v) is 8.89. The first kappa shape index (κ1) is 22.8. The molecule has 0 unspecified atom stereocenters. The van der Waals surface area contributed by atoms with Gasteiger partial charge in [0, 0.05) is 29.2 Å². The molecule has 1 aliphatic carbocycles. The Morgan fingerprint density at radius 2 is 1.75 bits per heavy atom. The molecule has 0 heterocycles. The Morgan fingerprint density at radius 3 is 2.36 bits per heavy atom. The van der Waals surface area contributed by atoms with Crippen molar-refractivity contribution in [1.82, 2.24) is 10.6 Å². The molecule has 5 nitrogen and oxygen atoms in total. The maximum atomic E-state index is 12.0. The number of benzene rings is 1. The Bertz CT molecular complexity index is 635. The summed E-state index contributed by atoms with van der Waals surface area (Å²) < 4.78 is 11.4. The van der Waals surface area contributed by atoms with E-state index in [0.717, 1.165) is 5.56 Å². The number of hydrogen-bond donors (Lipinski definition) is 2. The molecule has 1 saturated carbocycles. The van der Waals surface area contributed by atoms with Gasteiger partial charge in [0.15, 0.2) is 18.1 Å². The van der Waals surface area contributed by atoms with E-state index in [-0.39, 0.29) is 18.1 Å². The van der Waals surface area contributed by atoms with E-state index in [4.69, 9.17) is 21.1 Å². The van der Waals surface area contributed by atoms with Crippen LogP contribution >= 0.6 is 11.6 Å². The predicted molar refractivity (Wildman–Crippen MR) is 114 cm³/mol. The average Bonchev–Trinajstić information content (AvgIpc) is 2.88. The molecular formula is C22H35ClN2O3. The van der Waals surface area contributed by atoms with E-state index in [1.165, 1.54) is 38.5 Å². The van der Waals surface area contributed by atoms with Gasteiger partial charge in [-0.15, -0.1) is 0 Å². The van der Waals surface area contributed by atoms with Gasteiger partial charge < -0.3 is 20.1 Å². The smallest absolute Gasteiger partial charge is 0.258 e. The van der Waals surface area contributed by atoms with Crippen LogP contribution in [0.3, 0.4) is 0 Å². The van der Waals surface area contributed by atoms with E-state index in [2.05, 4.69) is 10.6 Å². The van der Waals surface area contributed by atoms with Gasteiger partial charge in [-0.3, -0.25) is 4.79 Å². The molecule has 0 radical (unpaired) electrons. The van der Waals surface area contributed by atoms with Crippen molar-refractivity contribution in [3.05, 3.63) is 22.7 Å². The summed E-state index contributed by atoms with van der Waals surface area (Å²) in [6.07, 6.45) is 7.70. The molecule has 1 amide bonds. The van der Waals surface area contributed by atoms with Crippen LogP contribution in [0, 0.1) is 0 Å². The molecule has 2 N–H and O–H groups in total. The maximum Gasteiger partial charge on any atom is 0.258 e. The van der Waals surface area contributed by atoms with Gasteiger partial charge >= 0.3 is 0 Å². The Kier molecular flexibility index (Phi) is 8.90. The zero-order chi connectivity index (χ0) is 20.6. The normalized spacial score (nSPS) is 15.8. The number of carbonyl (C=O) groups excluding carboxylic acids is 1. The molecule has 0 aromatic heterocycles. The van der Waals surface area contributed by atoms with Gasteiger partial charge in [-0.1, -0.05) is 37.3 Å². The molecule has 2 rings (SSSR count). The first-order valence-electron chi connectivity index (χ1n) is 10.4. The zero-order valence-electron chi connectivity index (χ0n) is 17.7. The molecule has 1 aromatic carbocycles. The fourth-order valence-corrected chi connectivity index (χ4v) is 3.65. The molecule has 28 heavy (non-hydrogen) atoms. The van der Waals surface area contributed by atoms with Crippen LogP contribution in [-0.4, -0.2) is 30.7 Å². The highest BCUT2D eigenvalue weighted by Gasteiger charge is 2.17. The van der Waals surface area contributed by atoms with Gasteiger partial charge in [-0.05, 0) is 52.2 Å². The maximum absolute atomic E-state index is 12.0. The Balaban J connectivity index is 2.02. The van der Waals surface area contributed by atoms with Crippen LogP contribution in [0.1, 0.15) is 71.8 Å². The number of hydrogen-bond acceptors (Lipinski definition) is 4. The van der Waals surface area contributed by atoms with E-state index in [0.29, 0.717) is 35.7 Å². The van der Waals surface area contributed by atoms with Crippen molar-refractivity contribution in [2.45, 2.75) is 84.3 Å².